The van der Waals surface area contributed by atoms with Crippen molar-refractivity contribution in [3.05, 3.63) is 28.8 Å². The molecule has 1 aromatic carbocycles. The Hall–Kier alpha value is -0.730. The van der Waals surface area contributed by atoms with E-state index in [0.717, 1.165) is 31.0 Å². The molecule has 1 aromatic rings. The average Bonchev–Trinajstić information content (AvgIpc) is 2.63. The van der Waals surface area contributed by atoms with Crippen LogP contribution >= 0.6 is 11.6 Å². The molecule has 82 valence electrons. The highest BCUT2D eigenvalue weighted by Crippen LogP contribution is 2.33. The summed E-state index contributed by atoms with van der Waals surface area (Å²) in [6.07, 6.45) is 2.07. The van der Waals surface area contributed by atoms with E-state index in [9.17, 15) is 0 Å². The molecule has 0 unspecified atom stereocenters. The number of nitrogens with two attached hydrogens (primary N) is 1. The quantitative estimate of drug-likeness (QED) is 0.855. The zero-order valence-corrected chi connectivity index (χ0v) is 9.80. The standard InChI is InChI=1S/C12H17ClN2/c1-2-9(14)8-15-7-6-10-11(13)4-3-5-12(10)15/h3-5,9H,2,6-8,14H2,1H3/t9-/m0/s1. The van der Waals surface area contributed by atoms with E-state index in [1.165, 1.54) is 11.3 Å². The number of hydrogen-bond acceptors (Lipinski definition) is 2. The summed E-state index contributed by atoms with van der Waals surface area (Å²) in [6, 6.07) is 6.37. The Labute approximate surface area is 96.0 Å². The number of anilines is 1. The zero-order chi connectivity index (χ0) is 10.8. The molecule has 1 aliphatic heterocycles. The molecule has 2 nitrogen and oxygen atoms in total. The monoisotopic (exact) mass is 224 g/mol. The van der Waals surface area contributed by atoms with Gasteiger partial charge >= 0.3 is 0 Å². The molecule has 0 aliphatic carbocycles. The van der Waals surface area contributed by atoms with Gasteiger partial charge in [0.15, 0.2) is 0 Å². The van der Waals surface area contributed by atoms with Crippen LogP contribution in [0.3, 0.4) is 0 Å². The molecule has 1 atom stereocenters. The lowest BCUT2D eigenvalue weighted by Gasteiger charge is -2.22. The number of benzene rings is 1. The van der Waals surface area contributed by atoms with Gasteiger partial charge in [-0.1, -0.05) is 24.6 Å². The fourth-order valence-corrected chi connectivity index (χ4v) is 2.32. The first kappa shape index (κ1) is 10.8. The highest BCUT2D eigenvalue weighted by atomic mass is 35.5. The summed E-state index contributed by atoms with van der Waals surface area (Å²) in [5, 5.41) is 0.889. The Morgan fingerprint density at radius 2 is 2.33 bits per heavy atom. The van der Waals surface area contributed by atoms with Gasteiger partial charge in [-0.25, -0.2) is 0 Å². The normalized spacial score (nSPS) is 16.6. The molecule has 3 heteroatoms. The minimum atomic E-state index is 0.259. The Balaban J connectivity index is 2.18. The van der Waals surface area contributed by atoms with E-state index in [0.29, 0.717) is 0 Å². The zero-order valence-electron chi connectivity index (χ0n) is 9.04. The molecule has 0 saturated heterocycles. The molecule has 1 aliphatic rings. The van der Waals surface area contributed by atoms with Gasteiger partial charge in [-0.3, -0.25) is 0 Å². The molecule has 0 saturated carbocycles. The van der Waals surface area contributed by atoms with E-state index in [4.69, 9.17) is 17.3 Å². The van der Waals surface area contributed by atoms with Crippen molar-refractivity contribution in [3.8, 4) is 0 Å². The summed E-state index contributed by atoms with van der Waals surface area (Å²) < 4.78 is 0. The third-order valence-electron chi connectivity index (χ3n) is 3.05. The second-order valence-corrected chi connectivity index (χ2v) is 4.51. The first-order valence-electron chi connectivity index (χ1n) is 5.50. The minimum absolute atomic E-state index is 0.259. The molecule has 0 fully saturated rings. The molecule has 0 radical (unpaired) electrons. The number of rotatable bonds is 3. The minimum Gasteiger partial charge on any atom is -0.369 e. The van der Waals surface area contributed by atoms with E-state index in [1.807, 2.05) is 12.1 Å². The van der Waals surface area contributed by atoms with Crippen molar-refractivity contribution in [1.29, 1.82) is 0 Å². The molecule has 15 heavy (non-hydrogen) atoms. The lowest BCUT2D eigenvalue weighted by Crippen LogP contribution is -2.36. The average molecular weight is 225 g/mol. The molecular weight excluding hydrogens is 208 g/mol. The van der Waals surface area contributed by atoms with E-state index in [2.05, 4.69) is 17.9 Å². The molecule has 0 amide bonds. The van der Waals surface area contributed by atoms with Crippen LogP contribution in [0.4, 0.5) is 5.69 Å². The van der Waals surface area contributed by atoms with Gasteiger partial charge in [0, 0.05) is 29.8 Å². The van der Waals surface area contributed by atoms with Crippen LogP contribution < -0.4 is 10.6 Å². The van der Waals surface area contributed by atoms with Crippen molar-refractivity contribution in [2.75, 3.05) is 18.0 Å². The van der Waals surface area contributed by atoms with E-state index < -0.39 is 0 Å². The van der Waals surface area contributed by atoms with Crippen molar-refractivity contribution in [2.45, 2.75) is 25.8 Å². The summed E-state index contributed by atoms with van der Waals surface area (Å²) in [5.74, 6) is 0. The fraction of sp³-hybridized carbons (Fsp3) is 0.500. The number of hydrogen-bond donors (Lipinski definition) is 1. The lowest BCUT2D eigenvalue weighted by atomic mass is 10.1. The predicted octanol–water partition coefficient (Wildman–Crippen LogP) is 2.44. The molecule has 2 rings (SSSR count). The maximum absolute atomic E-state index is 6.15. The highest BCUT2D eigenvalue weighted by molar-refractivity contribution is 6.31. The van der Waals surface area contributed by atoms with Gasteiger partial charge in [-0.05, 0) is 30.5 Å². The third kappa shape index (κ3) is 2.11. The lowest BCUT2D eigenvalue weighted by molar-refractivity contribution is 0.625. The Kier molecular flexibility index (Phi) is 3.17. The van der Waals surface area contributed by atoms with Crippen LogP contribution in [-0.4, -0.2) is 19.1 Å². The number of halogens is 1. The molecule has 1 heterocycles. The van der Waals surface area contributed by atoms with Crippen molar-refractivity contribution in [2.24, 2.45) is 5.73 Å². The number of nitrogens with zero attached hydrogens (tertiary/aromatic N) is 1. The smallest absolute Gasteiger partial charge is 0.0459 e. The van der Waals surface area contributed by atoms with Crippen molar-refractivity contribution >= 4 is 17.3 Å². The molecule has 2 N–H and O–H groups in total. The largest absolute Gasteiger partial charge is 0.369 e. The summed E-state index contributed by atoms with van der Waals surface area (Å²) in [4.78, 5) is 2.34. The van der Waals surface area contributed by atoms with E-state index >= 15 is 0 Å². The van der Waals surface area contributed by atoms with Crippen LogP contribution in [0.15, 0.2) is 18.2 Å². The van der Waals surface area contributed by atoms with Gasteiger partial charge in [0.25, 0.3) is 0 Å². The second kappa shape index (κ2) is 4.42. The van der Waals surface area contributed by atoms with Gasteiger partial charge in [0.2, 0.25) is 0 Å². The van der Waals surface area contributed by atoms with Crippen molar-refractivity contribution < 1.29 is 0 Å². The molecule has 0 aromatic heterocycles. The van der Waals surface area contributed by atoms with Crippen molar-refractivity contribution in [3.63, 3.8) is 0 Å². The Bertz CT molecular complexity index is 351. The van der Waals surface area contributed by atoms with Crippen LogP contribution in [0.1, 0.15) is 18.9 Å². The summed E-state index contributed by atoms with van der Waals surface area (Å²) in [6.45, 7) is 4.11. The van der Waals surface area contributed by atoms with Gasteiger partial charge in [-0.2, -0.15) is 0 Å². The fourth-order valence-electron chi connectivity index (χ4n) is 2.06. The maximum Gasteiger partial charge on any atom is 0.0459 e. The van der Waals surface area contributed by atoms with Crippen LogP contribution in [0.25, 0.3) is 0 Å². The van der Waals surface area contributed by atoms with Crippen LogP contribution in [0.5, 0.6) is 0 Å². The Morgan fingerprint density at radius 1 is 1.53 bits per heavy atom. The summed E-state index contributed by atoms with van der Waals surface area (Å²) in [7, 11) is 0. The summed E-state index contributed by atoms with van der Waals surface area (Å²) >= 11 is 6.15. The first-order chi connectivity index (χ1) is 7.22. The molecular formula is C12H17ClN2. The van der Waals surface area contributed by atoms with Gasteiger partial charge in [0.05, 0.1) is 0 Å². The van der Waals surface area contributed by atoms with Gasteiger partial charge in [-0.15, -0.1) is 0 Å². The molecule has 0 spiro atoms. The SMILES string of the molecule is CC[C@H](N)CN1CCc2c(Cl)cccc21. The highest BCUT2D eigenvalue weighted by Gasteiger charge is 2.21. The number of fused-ring (bicyclic) bond motifs is 1. The third-order valence-corrected chi connectivity index (χ3v) is 3.40. The van der Waals surface area contributed by atoms with Crippen molar-refractivity contribution in [1.82, 2.24) is 0 Å². The molecule has 0 bridgehead atoms. The Morgan fingerprint density at radius 3 is 3.07 bits per heavy atom. The predicted molar refractivity (Wildman–Crippen MR) is 65.6 cm³/mol. The van der Waals surface area contributed by atoms with E-state index in [-0.39, 0.29) is 6.04 Å². The first-order valence-corrected chi connectivity index (χ1v) is 5.88. The van der Waals surface area contributed by atoms with Crippen LogP contribution in [0.2, 0.25) is 5.02 Å². The van der Waals surface area contributed by atoms with Crippen LogP contribution in [0, 0.1) is 0 Å². The van der Waals surface area contributed by atoms with Crippen LogP contribution in [-0.2, 0) is 6.42 Å². The topological polar surface area (TPSA) is 29.3 Å². The van der Waals surface area contributed by atoms with Gasteiger partial charge in [0.1, 0.15) is 0 Å². The second-order valence-electron chi connectivity index (χ2n) is 4.10. The maximum atomic E-state index is 6.15. The van der Waals surface area contributed by atoms with Gasteiger partial charge < -0.3 is 10.6 Å². The van der Waals surface area contributed by atoms with E-state index in [1.54, 1.807) is 0 Å². The summed E-state index contributed by atoms with van der Waals surface area (Å²) in [5.41, 5.74) is 8.52.